The van der Waals surface area contributed by atoms with Crippen molar-refractivity contribution in [3.05, 3.63) is 108 Å². The molecule has 6 heterocycles. The average Bonchev–Trinajstić information content (AvgIpc) is 4.09. The molecule has 6 aromatic rings. The molecule has 2 aliphatic heterocycles. The number of amides is 2. The normalized spacial score (nSPS) is 22.7. The van der Waals surface area contributed by atoms with E-state index in [2.05, 4.69) is 105 Å². The van der Waals surface area contributed by atoms with Crippen LogP contribution in [0.15, 0.2) is 96.1 Å². The molecule has 346 valence electrons. The summed E-state index contributed by atoms with van der Waals surface area (Å²) in [7, 11) is -2.56. The Labute approximate surface area is 396 Å². The second kappa shape index (κ2) is 19.7. The van der Waals surface area contributed by atoms with Crippen molar-refractivity contribution in [1.29, 1.82) is 0 Å². The van der Waals surface area contributed by atoms with Crippen LogP contribution in [0.1, 0.15) is 60.9 Å². The minimum atomic E-state index is -2.56. The summed E-state index contributed by atoms with van der Waals surface area (Å²) in [6.07, 6.45) is 2.43. The van der Waals surface area contributed by atoms with Crippen LogP contribution in [-0.2, 0) is 13.9 Å². The molecule has 2 saturated heterocycles. The van der Waals surface area contributed by atoms with E-state index in [1.807, 2.05) is 19.1 Å². The van der Waals surface area contributed by atoms with Crippen molar-refractivity contribution in [3.8, 4) is 0 Å². The molecule has 2 aromatic carbocycles. The van der Waals surface area contributed by atoms with Gasteiger partial charge in [-0.2, -0.15) is 0 Å². The number of rotatable bonds is 14. The van der Waals surface area contributed by atoms with Crippen LogP contribution in [0.3, 0.4) is 0 Å². The number of benzene rings is 2. The maximum atomic E-state index is 13.2. The number of aliphatic imine (C=N–C) groups is 1. The van der Waals surface area contributed by atoms with Crippen LogP contribution in [-0.4, -0.2) is 113 Å². The van der Waals surface area contributed by atoms with Crippen molar-refractivity contribution in [1.82, 2.24) is 49.7 Å². The molecule has 2 fully saturated rings. The first kappa shape index (κ1) is 46.9. The SMILES string of the molecule is C[C@@H]1[C@H](N=C=S)[C@@H](CNC(=S)N[C@H]2[C@@H](O[Si](C)(C)C(C)(C)C)[C@H](n3cnc4c(NC(=O)c5ccccc5)ncnc43)O[C@@H]2CN=[N+]=[N-])O[C@H]1n1cnc2c(NC(=O)c3ccccc3)ncnc21. The molecule has 0 bridgehead atoms. The summed E-state index contributed by atoms with van der Waals surface area (Å²) in [6.45, 7) is 12.8. The van der Waals surface area contributed by atoms with Gasteiger partial charge >= 0.3 is 0 Å². The number of anilines is 2. The number of nitrogens with zero attached hydrogens (tertiary/aromatic N) is 12. The molecule has 2 amide bonds. The lowest BCUT2D eigenvalue weighted by atomic mass is 9.99. The molecule has 0 spiro atoms. The molecular weight excluding hydrogens is 913 g/mol. The third-order valence-corrected chi connectivity index (χ3v) is 17.2. The number of fused-ring (bicyclic) bond motifs is 2. The Balaban J connectivity index is 1.03. The predicted octanol–water partition coefficient (Wildman–Crippen LogP) is 6.61. The third kappa shape index (κ3) is 9.78. The molecule has 4 aromatic heterocycles. The van der Waals surface area contributed by atoms with Gasteiger partial charge in [0.1, 0.15) is 31.1 Å². The number of carbonyl (C=O) groups excluding carboxylic acids is 2. The quantitative estimate of drug-likeness (QED) is 0.0224. The fraction of sp³-hybridized carbons (Fsp3) is 0.395. The fourth-order valence-corrected chi connectivity index (χ4v) is 9.52. The predicted molar refractivity (Wildman–Crippen MR) is 259 cm³/mol. The minimum absolute atomic E-state index is 0.0545. The van der Waals surface area contributed by atoms with E-state index < -0.39 is 51.2 Å². The smallest absolute Gasteiger partial charge is 0.256 e. The summed E-state index contributed by atoms with van der Waals surface area (Å²) in [4.78, 5) is 60.6. The first-order chi connectivity index (χ1) is 32.2. The third-order valence-electron chi connectivity index (χ3n) is 12.4. The number of thiocarbonyl (C=S) groups is 2. The highest BCUT2D eigenvalue weighted by atomic mass is 32.1. The van der Waals surface area contributed by atoms with Gasteiger partial charge in [-0.3, -0.25) is 18.7 Å². The molecule has 24 heteroatoms. The molecule has 0 unspecified atom stereocenters. The highest BCUT2D eigenvalue weighted by Gasteiger charge is 2.52. The van der Waals surface area contributed by atoms with Gasteiger partial charge < -0.3 is 35.2 Å². The van der Waals surface area contributed by atoms with Crippen molar-refractivity contribution in [3.63, 3.8) is 0 Å². The summed E-state index contributed by atoms with van der Waals surface area (Å²) >= 11 is 11.1. The molecule has 0 saturated carbocycles. The second-order valence-electron chi connectivity index (χ2n) is 17.6. The highest BCUT2D eigenvalue weighted by Crippen LogP contribution is 2.43. The Kier molecular flexibility index (Phi) is 13.8. The van der Waals surface area contributed by atoms with Gasteiger partial charge in [0.25, 0.3) is 11.8 Å². The number of nitrogens with one attached hydrogen (secondary N) is 4. The zero-order valence-electron chi connectivity index (χ0n) is 37.3. The van der Waals surface area contributed by atoms with Crippen LogP contribution < -0.4 is 21.3 Å². The molecule has 2 aliphatic rings. The number of imidazole rings is 2. The van der Waals surface area contributed by atoms with Gasteiger partial charge in [-0.05, 0) is 72.4 Å². The van der Waals surface area contributed by atoms with Crippen LogP contribution in [0.25, 0.3) is 32.8 Å². The van der Waals surface area contributed by atoms with Gasteiger partial charge in [0.15, 0.2) is 53.6 Å². The summed E-state index contributed by atoms with van der Waals surface area (Å²) in [5, 5.41) is 18.9. The zero-order chi connectivity index (χ0) is 47.5. The van der Waals surface area contributed by atoms with Gasteiger partial charge in [-0.25, -0.2) is 34.9 Å². The van der Waals surface area contributed by atoms with Crippen molar-refractivity contribution >= 4 is 88.8 Å². The maximum Gasteiger partial charge on any atom is 0.256 e. The van der Waals surface area contributed by atoms with Crippen LogP contribution in [0.2, 0.25) is 18.1 Å². The number of ether oxygens (including phenoxy) is 2. The Hall–Kier alpha value is -6.62. The number of isothiocyanates is 1. The summed E-state index contributed by atoms with van der Waals surface area (Å²) in [6, 6.07) is 16.5. The summed E-state index contributed by atoms with van der Waals surface area (Å²) in [5.74, 6) is -0.455. The molecular formula is C43H48N16O5S2Si. The Morgan fingerprint density at radius 1 is 0.851 bits per heavy atom. The van der Waals surface area contributed by atoms with Crippen molar-refractivity contribution < 1.29 is 23.5 Å². The lowest BCUT2D eigenvalue weighted by Crippen LogP contribution is -2.56. The van der Waals surface area contributed by atoms with Gasteiger partial charge in [0.05, 0.1) is 42.5 Å². The van der Waals surface area contributed by atoms with Crippen molar-refractivity contribution in [2.75, 3.05) is 23.7 Å². The summed E-state index contributed by atoms with van der Waals surface area (Å²) in [5.41, 5.74) is 11.9. The van der Waals surface area contributed by atoms with E-state index in [-0.39, 0.29) is 52.6 Å². The molecule has 0 aliphatic carbocycles. The van der Waals surface area contributed by atoms with E-state index in [0.717, 1.165) is 0 Å². The number of carbonyl (C=O) groups is 2. The van der Waals surface area contributed by atoms with Crippen LogP contribution in [0.4, 0.5) is 11.6 Å². The monoisotopic (exact) mass is 960 g/mol. The first-order valence-corrected chi connectivity index (χ1v) is 25.1. The van der Waals surface area contributed by atoms with Crippen LogP contribution in [0.5, 0.6) is 0 Å². The van der Waals surface area contributed by atoms with Gasteiger partial charge in [0.2, 0.25) is 0 Å². The fourth-order valence-electron chi connectivity index (χ4n) is 7.88. The minimum Gasteiger partial charge on any atom is -0.407 e. The van der Waals surface area contributed by atoms with E-state index in [0.29, 0.717) is 33.5 Å². The van der Waals surface area contributed by atoms with Gasteiger partial charge in [0, 0.05) is 28.5 Å². The Morgan fingerprint density at radius 2 is 1.39 bits per heavy atom. The van der Waals surface area contributed by atoms with E-state index in [4.69, 9.17) is 38.3 Å². The molecule has 0 radical (unpaired) electrons. The molecule has 4 N–H and O–H groups in total. The largest absolute Gasteiger partial charge is 0.407 e. The average molecular weight is 961 g/mol. The number of azide groups is 1. The number of hydrogen-bond acceptors (Lipinski definition) is 15. The van der Waals surface area contributed by atoms with Crippen molar-refractivity contribution in [2.45, 2.75) is 88.7 Å². The maximum absolute atomic E-state index is 13.2. The molecule has 8 rings (SSSR count). The highest BCUT2D eigenvalue weighted by molar-refractivity contribution is 7.80. The Morgan fingerprint density at radius 3 is 1.91 bits per heavy atom. The van der Waals surface area contributed by atoms with Crippen LogP contribution in [0, 0.1) is 5.92 Å². The molecule has 67 heavy (non-hydrogen) atoms. The van der Waals surface area contributed by atoms with E-state index in [1.165, 1.54) is 12.7 Å². The summed E-state index contributed by atoms with van der Waals surface area (Å²) < 4.78 is 24.1. The van der Waals surface area contributed by atoms with E-state index in [9.17, 15) is 15.1 Å². The number of hydrogen-bond donors (Lipinski definition) is 4. The molecule has 8 atom stereocenters. The lowest BCUT2D eigenvalue weighted by Gasteiger charge is -2.41. The lowest BCUT2D eigenvalue weighted by molar-refractivity contribution is -0.0285. The van der Waals surface area contributed by atoms with E-state index >= 15 is 0 Å². The van der Waals surface area contributed by atoms with Gasteiger partial charge in [-0.15, -0.1) is 0 Å². The van der Waals surface area contributed by atoms with Gasteiger partial charge in [-0.1, -0.05) is 69.2 Å². The van der Waals surface area contributed by atoms with E-state index in [1.54, 1.807) is 70.3 Å². The second-order valence-corrected chi connectivity index (χ2v) is 22.9. The van der Waals surface area contributed by atoms with Crippen molar-refractivity contribution in [2.24, 2.45) is 16.0 Å². The first-order valence-electron chi connectivity index (χ1n) is 21.4. The zero-order valence-corrected chi connectivity index (χ0v) is 40.0. The van der Waals surface area contributed by atoms with Crippen LogP contribution >= 0.6 is 24.4 Å². The Bertz CT molecular complexity index is 2890. The topological polar surface area (TPSA) is 258 Å². The standard InChI is InChI=1S/C43H48N16O5S2Si/c1-24-29(52-23-65)27(62-40(24)58-21-50-31-34(46-19-48-36(31)58)55-38(60)25-13-9-7-10-14-25)17-45-42(66)54-30-28(18-53-57-44)63-41(33(30)64-67(5,6)43(2,3)4)59-22-51-32-35(47-20-49-37(32)59)56-39(61)26-15-11-8-12-16-26/h7-16,19-22,24,27-30,33,40-41H,17-18H2,1-6H3,(H2,45,54,66)(H,46,48,55,60)(H,47,49,56,61)/t24-,27-,28-,29+,30-,33-,40-,41-/m1/s1. The number of aromatic nitrogens is 8. The molecule has 21 nitrogen and oxygen atoms in total.